The second-order valence-electron chi connectivity index (χ2n) is 5.03. The first-order valence-corrected chi connectivity index (χ1v) is 6.76. The first-order chi connectivity index (χ1) is 8.90. The molecule has 2 aromatic carbocycles. The predicted molar refractivity (Wildman–Crippen MR) is 83.1 cm³/mol. The monoisotopic (exact) mass is 273 g/mol. The van der Waals surface area contributed by atoms with E-state index in [2.05, 4.69) is 48.5 Å². The van der Waals surface area contributed by atoms with Crippen LogP contribution in [0.3, 0.4) is 0 Å². The first kappa shape index (κ1) is 14.1. The summed E-state index contributed by atoms with van der Waals surface area (Å²) in [6.07, 6.45) is 3.33. The Morgan fingerprint density at radius 2 is 1.32 bits per heavy atom. The lowest BCUT2D eigenvalue weighted by molar-refractivity contribution is 0.722. The second kappa shape index (κ2) is 6.23. The van der Waals surface area contributed by atoms with E-state index in [9.17, 15) is 0 Å². The molecule has 0 fully saturated rings. The molecular weight excluding hydrogens is 254 g/mol. The Balaban J connectivity index is 0.00000133. The Hall–Kier alpha value is -1.31. The lowest BCUT2D eigenvalue weighted by atomic mass is 9.86. The average Bonchev–Trinajstić information content (AvgIpc) is 2.58. The van der Waals surface area contributed by atoms with Gasteiger partial charge in [-0.3, -0.25) is 0 Å². The number of benzene rings is 2. The van der Waals surface area contributed by atoms with Crippen LogP contribution in [0, 0.1) is 0 Å². The maximum Gasteiger partial charge on any atom is 0.0107 e. The van der Waals surface area contributed by atoms with E-state index in [0.29, 0.717) is 5.92 Å². The van der Waals surface area contributed by atoms with Crippen molar-refractivity contribution in [1.82, 2.24) is 0 Å². The molecule has 2 N–H and O–H groups in total. The largest absolute Gasteiger partial charge is 0.330 e. The lowest BCUT2D eigenvalue weighted by Gasteiger charge is -2.19. The van der Waals surface area contributed by atoms with Crippen LogP contribution in [-0.2, 0) is 12.8 Å². The molecule has 0 amide bonds. The van der Waals surface area contributed by atoms with E-state index < -0.39 is 0 Å². The van der Waals surface area contributed by atoms with Crippen LogP contribution in [0.4, 0.5) is 0 Å². The lowest BCUT2D eigenvalue weighted by Crippen LogP contribution is -2.10. The van der Waals surface area contributed by atoms with E-state index in [0.717, 1.165) is 25.8 Å². The molecule has 0 aromatic heterocycles. The molecule has 1 nitrogen and oxygen atoms in total. The van der Waals surface area contributed by atoms with Gasteiger partial charge in [-0.05, 0) is 48.1 Å². The van der Waals surface area contributed by atoms with Crippen LogP contribution in [-0.4, -0.2) is 6.54 Å². The third kappa shape index (κ3) is 2.68. The standard InChI is InChI=1S/C17H19N.ClH/c18-12-11-17-15-7-3-1-5-13(15)9-10-14-6-2-4-8-16(14)17;/h1-8,17H,9-12,18H2;1H. The van der Waals surface area contributed by atoms with Crippen molar-refractivity contribution in [3.05, 3.63) is 70.8 Å². The first-order valence-electron chi connectivity index (χ1n) is 6.76. The number of hydrogen-bond donors (Lipinski definition) is 1. The van der Waals surface area contributed by atoms with Gasteiger partial charge in [0.15, 0.2) is 0 Å². The Morgan fingerprint density at radius 1 is 0.842 bits per heavy atom. The summed E-state index contributed by atoms with van der Waals surface area (Å²) in [5, 5.41) is 0. The van der Waals surface area contributed by atoms with Crippen LogP contribution < -0.4 is 5.73 Å². The van der Waals surface area contributed by atoms with Gasteiger partial charge in [0.1, 0.15) is 0 Å². The Bertz CT molecular complexity index is 503. The van der Waals surface area contributed by atoms with Gasteiger partial charge < -0.3 is 5.73 Å². The Labute approximate surface area is 121 Å². The number of fused-ring (bicyclic) bond motifs is 2. The molecule has 2 aromatic rings. The van der Waals surface area contributed by atoms with Crippen LogP contribution in [0.5, 0.6) is 0 Å². The van der Waals surface area contributed by atoms with Gasteiger partial charge >= 0.3 is 0 Å². The normalized spacial score (nSPS) is 13.9. The van der Waals surface area contributed by atoms with Gasteiger partial charge in [-0.15, -0.1) is 12.4 Å². The maximum atomic E-state index is 5.82. The second-order valence-corrected chi connectivity index (χ2v) is 5.03. The Morgan fingerprint density at radius 3 is 1.79 bits per heavy atom. The average molecular weight is 274 g/mol. The summed E-state index contributed by atoms with van der Waals surface area (Å²) in [4.78, 5) is 0. The zero-order chi connectivity index (χ0) is 12.4. The minimum Gasteiger partial charge on any atom is -0.330 e. The van der Waals surface area contributed by atoms with Crippen molar-refractivity contribution in [3.8, 4) is 0 Å². The zero-order valence-electron chi connectivity index (χ0n) is 11.0. The number of aryl methyl sites for hydroxylation is 2. The molecule has 1 aliphatic carbocycles. The molecule has 0 radical (unpaired) electrons. The molecule has 0 heterocycles. The number of nitrogens with two attached hydrogens (primary N) is 1. The highest BCUT2D eigenvalue weighted by Gasteiger charge is 2.22. The molecule has 0 atom stereocenters. The minimum atomic E-state index is 0. The third-order valence-electron chi connectivity index (χ3n) is 3.98. The maximum absolute atomic E-state index is 5.82. The topological polar surface area (TPSA) is 26.0 Å². The number of halogens is 1. The fourth-order valence-electron chi connectivity index (χ4n) is 3.12. The summed E-state index contributed by atoms with van der Waals surface area (Å²) in [6.45, 7) is 0.743. The van der Waals surface area contributed by atoms with Gasteiger partial charge in [-0.1, -0.05) is 48.5 Å². The van der Waals surface area contributed by atoms with Gasteiger partial charge in [0, 0.05) is 5.92 Å². The molecule has 0 spiro atoms. The smallest absolute Gasteiger partial charge is 0.0107 e. The molecule has 2 heteroatoms. The number of rotatable bonds is 2. The zero-order valence-corrected chi connectivity index (χ0v) is 11.8. The summed E-state index contributed by atoms with van der Waals surface area (Å²) in [7, 11) is 0. The molecular formula is C17H20ClN. The van der Waals surface area contributed by atoms with Crippen molar-refractivity contribution in [2.75, 3.05) is 6.54 Å². The van der Waals surface area contributed by atoms with E-state index >= 15 is 0 Å². The van der Waals surface area contributed by atoms with E-state index in [1.165, 1.54) is 22.3 Å². The van der Waals surface area contributed by atoms with Crippen molar-refractivity contribution >= 4 is 12.4 Å². The van der Waals surface area contributed by atoms with E-state index in [1.807, 2.05) is 0 Å². The highest BCUT2D eigenvalue weighted by molar-refractivity contribution is 5.85. The summed E-state index contributed by atoms with van der Waals surface area (Å²) in [5.74, 6) is 0.477. The highest BCUT2D eigenvalue weighted by Crippen LogP contribution is 2.35. The molecule has 100 valence electrons. The molecule has 1 aliphatic rings. The van der Waals surface area contributed by atoms with Crippen molar-refractivity contribution in [3.63, 3.8) is 0 Å². The van der Waals surface area contributed by atoms with Crippen LogP contribution in [0.25, 0.3) is 0 Å². The van der Waals surface area contributed by atoms with Crippen LogP contribution in [0.2, 0.25) is 0 Å². The van der Waals surface area contributed by atoms with Crippen molar-refractivity contribution < 1.29 is 0 Å². The summed E-state index contributed by atoms with van der Waals surface area (Å²) < 4.78 is 0. The van der Waals surface area contributed by atoms with Crippen molar-refractivity contribution in [2.24, 2.45) is 5.73 Å². The molecule has 0 saturated heterocycles. The van der Waals surface area contributed by atoms with Gasteiger partial charge in [0.25, 0.3) is 0 Å². The van der Waals surface area contributed by atoms with Crippen LogP contribution in [0.1, 0.15) is 34.6 Å². The quantitative estimate of drug-likeness (QED) is 0.887. The van der Waals surface area contributed by atoms with Gasteiger partial charge in [-0.25, -0.2) is 0 Å². The molecule has 0 bridgehead atoms. The number of hydrogen-bond acceptors (Lipinski definition) is 1. The predicted octanol–water partition coefficient (Wildman–Crippen LogP) is 3.69. The van der Waals surface area contributed by atoms with Gasteiger partial charge in [0.05, 0.1) is 0 Å². The summed E-state index contributed by atoms with van der Waals surface area (Å²) in [6, 6.07) is 17.7. The van der Waals surface area contributed by atoms with E-state index in [1.54, 1.807) is 0 Å². The molecule has 19 heavy (non-hydrogen) atoms. The van der Waals surface area contributed by atoms with Crippen LogP contribution >= 0.6 is 12.4 Å². The van der Waals surface area contributed by atoms with Gasteiger partial charge in [-0.2, -0.15) is 0 Å². The van der Waals surface area contributed by atoms with E-state index in [4.69, 9.17) is 5.73 Å². The highest BCUT2D eigenvalue weighted by atomic mass is 35.5. The SMILES string of the molecule is Cl.NCCC1c2ccccc2CCc2ccccc21. The van der Waals surface area contributed by atoms with Crippen molar-refractivity contribution in [1.29, 1.82) is 0 Å². The molecule has 0 aliphatic heterocycles. The Kier molecular flexibility index (Phi) is 4.62. The molecule has 0 saturated carbocycles. The third-order valence-corrected chi connectivity index (χ3v) is 3.98. The summed E-state index contributed by atoms with van der Waals surface area (Å²) in [5.41, 5.74) is 11.8. The fraction of sp³-hybridized carbons (Fsp3) is 0.294. The van der Waals surface area contributed by atoms with Crippen molar-refractivity contribution in [2.45, 2.75) is 25.2 Å². The molecule has 0 unspecified atom stereocenters. The molecule has 3 rings (SSSR count). The minimum absolute atomic E-state index is 0. The fourth-order valence-corrected chi connectivity index (χ4v) is 3.12. The van der Waals surface area contributed by atoms with E-state index in [-0.39, 0.29) is 12.4 Å². The van der Waals surface area contributed by atoms with Gasteiger partial charge in [0.2, 0.25) is 0 Å². The van der Waals surface area contributed by atoms with Crippen LogP contribution in [0.15, 0.2) is 48.5 Å². The summed E-state index contributed by atoms with van der Waals surface area (Å²) >= 11 is 0.